The maximum absolute atomic E-state index is 12.9. The maximum atomic E-state index is 12.9. The first-order chi connectivity index (χ1) is 8.16. The predicted octanol–water partition coefficient (Wildman–Crippen LogP) is 3.84. The van der Waals surface area contributed by atoms with Crippen molar-refractivity contribution in [2.75, 3.05) is 0 Å². The van der Waals surface area contributed by atoms with E-state index in [0.717, 1.165) is 12.1 Å². The topological polar surface area (TPSA) is 20.2 Å². The van der Waals surface area contributed by atoms with Crippen molar-refractivity contribution >= 4 is 12.2 Å². The van der Waals surface area contributed by atoms with Gasteiger partial charge in [0.25, 0.3) is 0 Å². The molecule has 0 fully saturated rings. The molecule has 2 aromatic rings. The van der Waals surface area contributed by atoms with E-state index in [1.165, 1.54) is 6.07 Å². The van der Waals surface area contributed by atoms with Crippen LogP contribution in [0.4, 0.5) is 8.78 Å². The number of phenols is 1. The van der Waals surface area contributed by atoms with E-state index in [2.05, 4.69) is 0 Å². The molecule has 86 valence electrons. The second-order valence-corrected chi connectivity index (χ2v) is 3.57. The van der Waals surface area contributed by atoms with Crippen molar-refractivity contribution in [3.05, 3.63) is 65.2 Å². The minimum Gasteiger partial charge on any atom is -0.507 e. The van der Waals surface area contributed by atoms with Gasteiger partial charge >= 0.3 is 0 Å². The third-order valence-electron chi connectivity index (χ3n) is 2.34. The van der Waals surface area contributed by atoms with Crippen LogP contribution in [0.1, 0.15) is 11.1 Å². The molecule has 0 saturated heterocycles. The van der Waals surface area contributed by atoms with Crippen molar-refractivity contribution in [2.45, 2.75) is 0 Å². The van der Waals surface area contributed by atoms with Gasteiger partial charge in [-0.2, -0.15) is 0 Å². The zero-order valence-corrected chi connectivity index (χ0v) is 8.90. The highest BCUT2D eigenvalue weighted by Gasteiger charge is 2.00. The van der Waals surface area contributed by atoms with Gasteiger partial charge in [-0.3, -0.25) is 0 Å². The Bertz CT molecular complexity index is 562. The molecule has 0 amide bonds. The zero-order valence-electron chi connectivity index (χ0n) is 8.90. The molecule has 0 aliphatic heterocycles. The fourth-order valence-corrected chi connectivity index (χ4v) is 1.43. The summed E-state index contributed by atoms with van der Waals surface area (Å²) in [6.45, 7) is 0. The Hall–Kier alpha value is -2.16. The lowest BCUT2D eigenvalue weighted by atomic mass is 10.1. The number of rotatable bonds is 2. The van der Waals surface area contributed by atoms with Crippen molar-refractivity contribution in [1.29, 1.82) is 0 Å². The number of aromatic hydroxyl groups is 1. The van der Waals surface area contributed by atoms with Crippen molar-refractivity contribution in [3.63, 3.8) is 0 Å². The van der Waals surface area contributed by atoms with Gasteiger partial charge in [-0.25, -0.2) is 8.78 Å². The Morgan fingerprint density at radius 3 is 2.35 bits per heavy atom. The average molecular weight is 232 g/mol. The fourth-order valence-electron chi connectivity index (χ4n) is 1.43. The van der Waals surface area contributed by atoms with Gasteiger partial charge in [-0.05, 0) is 23.8 Å². The van der Waals surface area contributed by atoms with Gasteiger partial charge in [0.1, 0.15) is 5.75 Å². The number of para-hydroxylation sites is 1. The first-order valence-corrected chi connectivity index (χ1v) is 5.08. The molecule has 1 N–H and O–H groups in total. The standard InChI is InChI=1S/C14H10F2O/c15-12-8-6-10(9-13(12)16)5-7-11-3-1-2-4-14(11)17/h1-9,17H/b7-5+. The van der Waals surface area contributed by atoms with Crippen LogP contribution in [-0.2, 0) is 0 Å². The maximum Gasteiger partial charge on any atom is 0.159 e. The quantitative estimate of drug-likeness (QED) is 0.780. The number of phenolic OH excluding ortho intramolecular Hbond substituents is 1. The third kappa shape index (κ3) is 2.69. The van der Waals surface area contributed by atoms with Gasteiger partial charge < -0.3 is 5.11 Å². The molecule has 0 aliphatic carbocycles. The molecule has 17 heavy (non-hydrogen) atoms. The van der Waals surface area contributed by atoms with Crippen LogP contribution in [0.3, 0.4) is 0 Å². The number of hydrogen-bond donors (Lipinski definition) is 1. The van der Waals surface area contributed by atoms with Crippen LogP contribution in [0.5, 0.6) is 5.75 Å². The first kappa shape index (κ1) is 11.3. The van der Waals surface area contributed by atoms with Crippen molar-refractivity contribution in [3.8, 4) is 5.75 Å². The molecule has 1 nitrogen and oxygen atoms in total. The monoisotopic (exact) mass is 232 g/mol. The highest BCUT2D eigenvalue weighted by Crippen LogP contribution is 2.19. The summed E-state index contributed by atoms with van der Waals surface area (Å²) in [5.74, 6) is -1.61. The van der Waals surface area contributed by atoms with Crippen LogP contribution in [0.15, 0.2) is 42.5 Å². The van der Waals surface area contributed by atoms with Crippen molar-refractivity contribution < 1.29 is 13.9 Å². The van der Waals surface area contributed by atoms with Crippen LogP contribution in [0.2, 0.25) is 0 Å². The summed E-state index contributed by atoms with van der Waals surface area (Å²) in [4.78, 5) is 0. The summed E-state index contributed by atoms with van der Waals surface area (Å²) >= 11 is 0. The summed E-state index contributed by atoms with van der Waals surface area (Å²) in [7, 11) is 0. The molecule has 0 heterocycles. The summed E-state index contributed by atoms with van der Waals surface area (Å²) < 4.78 is 25.6. The Morgan fingerprint density at radius 1 is 0.882 bits per heavy atom. The predicted molar refractivity (Wildman–Crippen MR) is 63.4 cm³/mol. The third-order valence-corrected chi connectivity index (χ3v) is 2.34. The van der Waals surface area contributed by atoms with E-state index in [9.17, 15) is 13.9 Å². The van der Waals surface area contributed by atoms with Gasteiger partial charge in [0.15, 0.2) is 11.6 Å². The Labute approximate surface area is 97.7 Å². The van der Waals surface area contributed by atoms with Crippen LogP contribution in [0, 0.1) is 11.6 Å². The minimum absolute atomic E-state index is 0.145. The molecule has 0 aliphatic rings. The van der Waals surface area contributed by atoms with Crippen molar-refractivity contribution in [1.82, 2.24) is 0 Å². The normalized spacial score (nSPS) is 10.9. The van der Waals surface area contributed by atoms with Crippen molar-refractivity contribution in [2.24, 2.45) is 0 Å². The van der Waals surface area contributed by atoms with E-state index in [-0.39, 0.29) is 5.75 Å². The highest BCUT2D eigenvalue weighted by atomic mass is 19.2. The molecule has 3 heteroatoms. The molecule has 0 radical (unpaired) electrons. The van der Waals surface area contributed by atoms with E-state index < -0.39 is 11.6 Å². The zero-order chi connectivity index (χ0) is 12.3. The van der Waals surface area contributed by atoms with E-state index in [0.29, 0.717) is 11.1 Å². The molecule has 0 atom stereocenters. The number of hydrogen-bond acceptors (Lipinski definition) is 1. The van der Waals surface area contributed by atoms with E-state index in [1.54, 1.807) is 36.4 Å². The Kier molecular flexibility index (Phi) is 3.19. The van der Waals surface area contributed by atoms with E-state index >= 15 is 0 Å². The Morgan fingerprint density at radius 2 is 1.65 bits per heavy atom. The van der Waals surface area contributed by atoms with Crippen LogP contribution in [-0.4, -0.2) is 5.11 Å². The lowest BCUT2D eigenvalue weighted by Crippen LogP contribution is -1.83. The summed E-state index contributed by atoms with van der Waals surface area (Å²) in [5.41, 5.74) is 1.16. The molecule has 2 rings (SSSR count). The second-order valence-electron chi connectivity index (χ2n) is 3.57. The van der Waals surface area contributed by atoms with Gasteiger partial charge in [0.05, 0.1) is 0 Å². The SMILES string of the molecule is Oc1ccccc1/C=C/c1ccc(F)c(F)c1. The van der Waals surface area contributed by atoms with E-state index in [4.69, 9.17) is 0 Å². The number of halogens is 2. The molecule has 2 aromatic carbocycles. The minimum atomic E-state index is -0.885. The molecule has 0 bridgehead atoms. The lowest BCUT2D eigenvalue weighted by molar-refractivity contribution is 0.474. The highest BCUT2D eigenvalue weighted by molar-refractivity contribution is 5.72. The number of benzene rings is 2. The molecular weight excluding hydrogens is 222 g/mol. The lowest BCUT2D eigenvalue weighted by Gasteiger charge is -1.98. The summed E-state index contributed by atoms with van der Waals surface area (Å²) in [6, 6.07) is 10.4. The molecule has 0 unspecified atom stereocenters. The summed E-state index contributed by atoms with van der Waals surface area (Å²) in [5, 5.41) is 9.50. The Balaban J connectivity index is 2.26. The molecule has 0 aromatic heterocycles. The van der Waals surface area contributed by atoms with E-state index in [1.807, 2.05) is 0 Å². The second kappa shape index (κ2) is 4.78. The van der Waals surface area contributed by atoms with Crippen LogP contribution >= 0.6 is 0 Å². The molecule has 0 saturated carbocycles. The molecular formula is C14H10F2O. The van der Waals surface area contributed by atoms with Gasteiger partial charge in [-0.1, -0.05) is 36.4 Å². The smallest absolute Gasteiger partial charge is 0.159 e. The van der Waals surface area contributed by atoms with Gasteiger partial charge in [-0.15, -0.1) is 0 Å². The largest absolute Gasteiger partial charge is 0.507 e. The fraction of sp³-hybridized carbons (Fsp3) is 0. The molecule has 0 spiro atoms. The van der Waals surface area contributed by atoms with Gasteiger partial charge in [0, 0.05) is 5.56 Å². The van der Waals surface area contributed by atoms with Gasteiger partial charge in [0.2, 0.25) is 0 Å². The summed E-state index contributed by atoms with van der Waals surface area (Å²) in [6.07, 6.45) is 3.25. The van der Waals surface area contributed by atoms with Crippen LogP contribution < -0.4 is 0 Å². The average Bonchev–Trinajstić information content (AvgIpc) is 2.32. The first-order valence-electron chi connectivity index (χ1n) is 5.08. The van der Waals surface area contributed by atoms with Crippen LogP contribution in [0.25, 0.3) is 12.2 Å².